The number of carbonyl (C=O) groups is 1. The fourth-order valence-corrected chi connectivity index (χ4v) is 3.69. The highest BCUT2D eigenvalue weighted by Gasteiger charge is 2.29. The summed E-state index contributed by atoms with van der Waals surface area (Å²) in [5.74, 6) is 1.19. The number of hydrogen-bond acceptors (Lipinski definition) is 6. The summed E-state index contributed by atoms with van der Waals surface area (Å²) in [4.78, 5) is 19.1. The van der Waals surface area contributed by atoms with Gasteiger partial charge in [-0.2, -0.15) is 10.1 Å². The molecule has 0 bridgehead atoms. The summed E-state index contributed by atoms with van der Waals surface area (Å²) in [5, 5.41) is 10.9. The Hall–Kier alpha value is -3.00. The van der Waals surface area contributed by atoms with Crippen LogP contribution in [0.3, 0.4) is 0 Å². The van der Waals surface area contributed by atoms with E-state index in [-0.39, 0.29) is 11.9 Å². The van der Waals surface area contributed by atoms with Gasteiger partial charge in [-0.15, -0.1) is 0 Å². The minimum atomic E-state index is -0.187. The molecule has 1 aromatic carbocycles. The van der Waals surface area contributed by atoms with Crippen molar-refractivity contribution in [2.75, 3.05) is 11.9 Å². The van der Waals surface area contributed by atoms with E-state index in [9.17, 15) is 4.79 Å². The third-order valence-electron chi connectivity index (χ3n) is 5.05. The Morgan fingerprint density at radius 1 is 1.36 bits per heavy atom. The van der Waals surface area contributed by atoms with Crippen molar-refractivity contribution in [2.24, 2.45) is 0 Å². The molecule has 1 aliphatic heterocycles. The topological polar surface area (TPSA) is 89.1 Å². The number of rotatable bonds is 6. The van der Waals surface area contributed by atoms with Crippen molar-refractivity contribution in [1.82, 2.24) is 24.8 Å². The molecule has 3 heterocycles. The molecule has 0 saturated carbocycles. The quantitative estimate of drug-likeness (QED) is 0.706. The molecule has 1 N–H and O–H groups in total. The predicted octanol–water partition coefficient (Wildman–Crippen LogP) is 3.18. The average Bonchev–Trinajstić information content (AvgIpc) is 3.43. The predicted molar refractivity (Wildman–Crippen MR) is 104 cm³/mol. The van der Waals surface area contributed by atoms with E-state index in [1.165, 1.54) is 6.33 Å². The average molecular weight is 380 g/mol. The van der Waals surface area contributed by atoms with Crippen LogP contribution in [0.4, 0.5) is 5.95 Å². The molecule has 8 nitrogen and oxygen atoms in total. The van der Waals surface area contributed by atoms with Gasteiger partial charge in [0, 0.05) is 24.7 Å². The molecule has 1 atom stereocenters. The fraction of sp³-hybridized carbons (Fsp3) is 0.400. The number of likely N-dealkylation sites (tertiary alicyclic amines) is 1. The molecular formula is C20H24N6O2. The third kappa shape index (κ3) is 3.82. The van der Waals surface area contributed by atoms with Crippen molar-refractivity contribution in [1.29, 1.82) is 0 Å². The Morgan fingerprint density at radius 2 is 2.25 bits per heavy atom. The zero-order valence-electron chi connectivity index (χ0n) is 16.1. The first kappa shape index (κ1) is 18.4. The van der Waals surface area contributed by atoms with Gasteiger partial charge in [0.1, 0.15) is 6.33 Å². The third-order valence-corrected chi connectivity index (χ3v) is 5.05. The Labute approximate surface area is 163 Å². The van der Waals surface area contributed by atoms with Crippen LogP contribution >= 0.6 is 0 Å². The smallest absolute Gasteiger partial charge is 0.258 e. The van der Waals surface area contributed by atoms with Crippen LogP contribution in [0.5, 0.6) is 0 Å². The summed E-state index contributed by atoms with van der Waals surface area (Å²) >= 11 is 0. The van der Waals surface area contributed by atoms with E-state index in [1.807, 2.05) is 44.2 Å². The maximum atomic E-state index is 12.6. The van der Waals surface area contributed by atoms with Crippen LogP contribution in [0.25, 0.3) is 0 Å². The van der Waals surface area contributed by atoms with E-state index < -0.39 is 0 Å². The number of aryl methyl sites for hydroxylation is 2. The number of nitrogens with zero attached hydrogens (tertiary/aromatic N) is 5. The number of anilines is 1. The first-order valence-corrected chi connectivity index (χ1v) is 9.59. The summed E-state index contributed by atoms with van der Waals surface area (Å²) in [5.41, 5.74) is 2.60. The molecule has 0 aliphatic carbocycles. The highest BCUT2D eigenvalue weighted by atomic mass is 16.5. The zero-order chi connectivity index (χ0) is 19.5. The van der Waals surface area contributed by atoms with E-state index >= 15 is 0 Å². The summed E-state index contributed by atoms with van der Waals surface area (Å²) in [6.45, 7) is 6.30. The van der Waals surface area contributed by atoms with Crippen LogP contribution in [0, 0.1) is 6.92 Å². The van der Waals surface area contributed by atoms with Crippen LogP contribution in [0.15, 0.2) is 41.2 Å². The Bertz CT molecular complexity index is 963. The number of carbonyl (C=O) groups excluding carboxylic acids is 1. The molecule has 1 fully saturated rings. The molecule has 1 aliphatic rings. The summed E-state index contributed by atoms with van der Waals surface area (Å²) in [7, 11) is 0. The molecule has 146 valence electrons. The molecule has 1 amide bonds. The molecule has 28 heavy (non-hydrogen) atoms. The van der Waals surface area contributed by atoms with E-state index in [0.717, 1.165) is 42.9 Å². The fourth-order valence-electron chi connectivity index (χ4n) is 3.69. The number of aromatic nitrogens is 4. The van der Waals surface area contributed by atoms with Crippen molar-refractivity contribution in [3.05, 3.63) is 59.2 Å². The van der Waals surface area contributed by atoms with Gasteiger partial charge < -0.3 is 4.52 Å². The number of benzene rings is 1. The molecule has 8 heteroatoms. The number of hydrogen-bond donors (Lipinski definition) is 1. The lowest BCUT2D eigenvalue weighted by Crippen LogP contribution is -2.23. The number of amides is 1. The highest BCUT2D eigenvalue weighted by Crippen LogP contribution is 2.33. The lowest BCUT2D eigenvalue weighted by Gasteiger charge is -2.22. The second-order valence-corrected chi connectivity index (χ2v) is 7.05. The van der Waals surface area contributed by atoms with Crippen LogP contribution in [-0.4, -0.2) is 37.3 Å². The first-order chi connectivity index (χ1) is 13.6. The van der Waals surface area contributed by atoms with Gasteiger partial charge in [0.15, 0.2) is 5.76 Å². The van der Waals surface area contributed by atoms with Crippen molar-refractivity contribution in [2.45, 2.75) is 45.8 Å². The van der Waals surface area contributed by atoms with Crippen molar-refractivity contribution < 1.29 is 9.32 Å². The van der Waals surface area contributed by atoms with Crippen LogP contribution in [0.2, 0.25) is 0 Å². The largest absolute Gasteiger partial charge is 0.359 e. The summed E-state index contributed by atoms with van der Waals surface area (Å²) in [6, 6.07) is 9.96. The van der Waals surface area contributed by atoms with Gasteiger partial charge in [-0.25, -0.2) is 4.68 Å². The lowest BCUT2D eigenvalue weighted by molar-refractivity contribution is 0.102. The lowest BCUT2D eigenvalue weighted by atomic mass is 10.1. The zero-order valence-corrected chi connectivity index (χ0v) is 16.1. The maximum Gasteiger partial charge on any atom is 0.258 e. The molecule has 0 spiro atoms. The van der Waals surface area contributed by atoms with E-state index in [4.69, 9.17) is 4.52 Å². The van der Waals surface area contributed by atoms with Gasteiger partial charge >= 0.3 is 0 Å². The summed E-state index contributed by atoms with van der Waals surface area (Å²) in [6.07, 6.45) is 3.62. The van der Waals surface area contributed by atoms with E-state index in [1.54, 1.807) is 4.68 Å². The number of nitrogens with one attached hydrogen (secondary N) is 1. The van der Waals surface area contributed by atoms with Crippen LogP contribution in [0.1, 0.15) is 53.2 Å². The van der Waals surface area contributed by atoms with Crippen LogP contribution in [-0.2, 0) is 13.1 Å². The summed E-state index contributed by atoms with van der Waals surface area (Å²) < 4.78 is 7.14. The maximum absolute atomic E-state index is 12.6. The second-order valence-electron chi connectivity index (χ2n) is 7.05. The standard InChI is InChI=1S/C20H24N6O2/c1-3-26-20(21-13-22-26)23-19(27)16-7-4-6-15(11-16)12-25-9-5-8-17(25)18-10-14(2)24-28-18/h4,6-7,10-11,13,17H,3,5,8-9,12H2,1-2H3,(H,21,22,23,27)/t17-/m0/s1. The SMILES string of the molecule is CCn1ncnc1NC(=O)c1cccc(CN2CCC[C@H]2c2cc(C)no2)c1. The van der Waals surface area contributed by atoms with Crippen molar-refractivity contribution >= 4 is 11.9 Å². The monoisotopic (exact) mass is 380 g/mol. The molecule has 3 aromatic rings. The molecule has 0 radical (unpaired) electrons. The molecular weight excluding hydrogens is 356 g/mol. The van der Waals surface area contributed by atoms with Gasteiger partial charge in [0.25, 0.3) is 5.91 Å². The van der Waals surface area contributed by atoms with E-state index in [0.29, 0.717) is 18.1 Å². The Morgan fingerprint density at radius 3 is 3.04 bits per heavy atom. The van der Waals surface area contributed by atoms with Gasteiger partial charge in [-0.1, -0.05) is 17.3 Å². The Balaban J connectivity index is 1.47. The normalized spacial score (nSPS) is 17.1. The van der Waals surface area contributed by atoms with Crippen molar-refractivity contribution in [3.8, 4) is 0 Å². The van der Waals surface area contributed by atoms with Gasteiger partial charge in [0.05, 0.1) is 11.7 Å². The van der Waals surface area contributed by atoms with Gasteiger partial charge in [0.2, 0.25) is 5.95 Å². The molecule has 2 aromatic heterocycles. The van der Waals surface area contributed by atoms with Crippen molar-refractivity contribution in [3.63, 3.8) is 0 Å². The Kier molecular flexibility index (Phi) is 5.21. The molecule has 4 rings (SSSR count). The molecule has 0 unspecified atom stereocenters. The van der Waals surface area contributed by atoms with Gasteiger partial charge in [-0.05, 0) is 50.9 Å². The molecule has 1 saturated heterocycles. The van der Waals surface area contributed by atoms with Gasteiger partial charge in [-0.3, -0.25) is 15.0 Å². The minimum Gasteiger partial charge on any atom is -0.359 e. The van der Waals surface area contributed by atoms with E-state index in [2.05, 4.69) is 25.5 Å². The van der Waals surface area contributed by atoms with Crippen LogP contribution < -0.4 is 5.32 Å². The highest BCUT2D eigenvalue weighted by molar-refractivity contribution is 6.03. The minimum absolute atomic E-state index is 0.187. The second kappa shape index (κ2) is 7.93. The first-order valence-electron chi connectivity index (χ1n) is 9.59.